The summed E-state index contributed by atoms with van der Waals surface area (Å²) in [4.78, 5) is 5.71. The molecule has 2 heteroatoms. The molecule has 0 N–H and O–H groups in total. The van der Waals surface area contributed by atoms with E-state index in [1.807, 2.05) is 11.6 Å². The zero-order valence-corrected chi connectivity index (χ0v) is 9.84. The molecule has 1 aliphatic rings. The average molecular weight is 216 g/mol. The van der Waals surface area contributed by atoms with Crippen molar-refractivity contribution in [2.45, 2.75) is 25.2 Å². The molecule has 1 radical (unpaired) electrons. The first-order valence-electron chi connectivity index (χ1n) is 5.08. The standard InChI is InChI=1S/C13H14NS/c1-3-11(2)8-9-15-10-14-12-6-4-5-7-13(12)15/h4-7,9-10H,3H2,1-2H3. The van der Waals surface area contributed by atoms with Gasteiger partial charge in [0.25, 0.3) is 0 Å². The van der Waals surface area contributed by atoms with Crippen LogP contribution in [0.2, 0.25) is 0 Å². The molecule has 1 aromatic carbocycles. The van der Waals surface area contributed by atoms with E-state index in [9.17, 15) is 0 Å². The molecule has 77 valence electrons. The lowest BCUT2D eigenvalue weighted by Crippen LogP contribution is -1.77. The van der Waals surface area contributed by atoms with Crippen LogP contribution in [0.1, 0.15) is 20.3 Å². The third kappa shape index (κ3) is 2.26. The highest BCUT2D eigenvalue weighted by Crippen LogP contribution is 2.38. The number of aliphatic imine (C=N–C) groups is 1. The van der Waals surface area contributed by atoms with Crippen molar-refractivity contribution in [3.63, 3.8) is 0 Å². The van der Waals surface area contributed by atoms with Gasteiger partial charge in [-0.05, 0) is 36.9 Å². The summed E-state index contributed by atoms with van der Waals surface area (Å²) in [6.45, 7) is 4.26. The molecule has 15 heavy (non-hydrogen) atoms. The lowest BCUT2D eigenvalue weighted by Gasteiger charge is -1.98. The molecule has 1 heterocycles. The molecule has 0 amide bonds. The van der Waals surface area contributed by atoms with E-state index in [1.54, 1.807) is 0 Å². The smallest absolute Gasteiger partial charge is 0.0770 e. The van der Waals surface area contributed by atoms with Gasteiger partial charge in [0.1, 0.15) is 0 Å². The van der Waals surface area contributed by atoms with Crippen LogP contribution in [-0.2, 0) is 0 Å². The highest BCUT2D eigenvalue weighted by atomic mass is 32.2. The van der Waals surface area contributed by atoms with Crippen molar-refractivity contribution in [1.29, 1.82) is 0 Å². The van der Waals surface area contributed by atoms with Crippen LogP contribution in [-0.4, -0.2) is 10.9 Å². The molecule has 1 unspecified atom stereocenters. The average Bonchev–Trinajstić information content (AvgIpc) is 2.69. The van der Waals surface area contributed by atoms with Gasteiger partial charge < -0.3 is 0 Å². The zero-order valence-electron chi connectivity index (χ0n) is 9.03. The monoisotopic (exact) mass is 216 g/mol. The second-order valence-corrected chi connectivity index (χ2v) is 5.10. The molecule has 1 atom stereocenters. The first-order valence-corrected chi connectivity index (χ1v) is 6.44. The molecule has 0 aromatic heterocycles. The van der Waals surface area contributed by atoms with E-state index < -0.39 is 0 Å². The lowest BCUT2D eigenvalue weighted by atomic mass is 10.2. The summed E-state index contributed by atoms with van der Waals surface area (Å²) in [5.74, 6) is 0. The maximum absolute atomic E-state index is 4.39. The molecule has 0 saturated heterocycles. The first kappa shape index (κ1) is 10.4. The minimum Gasteiger partial charge on any atom is -0.249 e. The molecular weight excluding hydrogens is 202 g/mol. The van der Waals surface area contributed by atoms with Gasteiger partial charge in [0.2, 0.25) is 0 Å². The van der Waals surface area contributed by atoms with Crippen molar-refractivity contribution in [2.24, 2.45) is 4.99 Å². The number of hydrogen-bond acceptors (Lipinski definition) is 1. The summed E-state index contributed by atoms with van der Waals surface area (Å²) in [5, 5.41) is 2.13. The largest absolute Gasteiger partial charge is 0.249 e. The molecule has 2 rings (SSSR count). The van der Waals surface area contributed by atoms with Gasteiger partial charge in [0, 0.05) is 4.90 Å². The second-order valence-electron chi connectivity index (χ2n) is 3.47. The van der Waals surface area contributed by atoms with Crippen molar-refractivity contribution in [3.05, 3.63) is 35.9 Å². The van der Waals surface area contributed by atoms with Gasteiger partial charge >= 0.3 is 0 Å². The SMILES string of the molecule is CCC(C)=[C]/C=S1/C=Nc2ccccc21. The summed E-state index contributed by atoms with van der Waals surface area (Å²) >= 11 is 0. The van der Waals surface area contributed by atoms with Crippen LogP contribution < -0.4 is 0 Å². The lowest BCUT2D eigenvalue weighted by molar-refractivity contribution is 1.10. The van der Waals surface area contributed by atoms with E-state index in [0.29, 0.717) is 0 Å². The summed E-state index contributed by atoms with van der Waals surface area (Å²) in [6, 6.07) is 8.30. The van der Waals surface area contributed by atoms with Crippen LogP contribution in [0.4, 0.5) is 5.69 Å². The van der Waals surface area contributed by atoms with E-state index in [2.05, 4.69) is 48.5 Å². The van der Waals surface area contributed by atoms with Crippen LogP contribution in [0.3, 0.4) is 0 Å². The third-order valence-corrected chi connectivity index (χ3v) is 3.94. The van der Waals surface area contributed by atoms with Crippen LogP contribution in [0, 0.1) is 6.08 Å². The van der Waals surface area contributed by atoms with Gasteiger partial charge in [-0.25, -0.2) is 4.99 Å². The van der Waals surface area contributed by atoms with Gasteiger partial charge in [-0.3, -0.25) is 0 Å². The minimum absolute atomic E-state index is 0.0270. The van der Waals surface area contributed by atoms with Gasteiger partial charge in [-0.2, -0.15) is 0 Å². The molecule has 1 aliphatic heterocycles. The molecule has 0 aliphatic carbocycles. The van der Waals surface area contributed by atoms with Crippen LogP contribution in [0.25, 0.3) is 0 Å². The number of nitrogens with zero attached hydrogens (tertiary/aromatic N) is 1. The Kier molecular flexibility index (Phi) is 3.17. The Bertz CT molecular complexity index is 455. The van der Waals surface area contributed by atoms with Crippen molar-refractivity contribution in [2.75, 3.05) is 0 Å². The summed E-state index contributed by atoms with van der Waals surface area (Å²) in [7, 11) is 0.0270. The maximum atomic E-state index is 4.39. The topological polar surface area (TPSA) is 12.4 Å². The van der Waals surface area contributed by atoms with Gasteiger partial charge in [-0.1, -0.05) is 24.6 Å². The molecule has 0 saturated carbocycles. The van der Waals surface area contributed by atoms with Gasteiger partial charge in [0.05, 0.1) is 11.2 Å². The number of para-hydroxylation sites is 1. The number of rotatable bonds is 2. The predicted octanol–water partition coefficient (Wildman–Crippen LogP) is 3.95. The van der Waals surface area contributed by atoms with Crippen molar-refractivity contribution in [1.82, 2.24) is 0 Å². The fourth-order valence-corrected chi connectivity index (χ4v) is 2.75. The Morgan fingerprint density at radius 3 is 3.07 bits per heavy atom. The number of allylic oxidation sites excluding steroid dienone is 2. The Labute approximate surface area is 93.5 Å². The Balaban J connectivity index is 2.32. The Morgan fingerprint density at radius 1 is 1.47 bits per heavy atom. The Hall–Kier alpha value is -1.15. The van der Waals surface area contributed by atoms with Crippen LogP contribution in [0.5, 0.6) is 0 Å². The van der Waals surface area contributed by atoms with Crippen molar-refractivity contribution in [3.8, 4) is 0 Å². The predicted molar refractivity (Wildman–Crippen MR) is 69.2 cm³/mol. The number of benzene rings is 1. The fraction of sp³-hybridized carbons (Fsp3) is 0.231. The number of fused-ring (bicyclic) bond motifs is 1. The molecule has 0 bridgehead atoms. The van der Waals surface area contributed by atoms with Gasteiger partial charge in [0.15, 0.2) is 0 Å². The molecule has 1 aromatic rings. The maximum Gasteiger partial charge on any atom is 0.0770 e. The Morgan fingerprint density at radius 2 is 2.27 bits per heavy atom. The highest BCUT2D eigenvalue weighted by Gasteiger charge is 2.08. The fourth-order valence-electron chi connectivity index (χ4n) is 1.29. The molecule has 0 spiro atoms. The number of hydrogen-bond donors (Lipinski definition) is 0. The minimum atomic E-state index is 0.0270. The normalized spacial score (nSPS) is 19.6. The first-order chi connectivity index (χ1) is 7.31. The summed E-state index contributed by atoms with van der Waals surface area (Å²) < 4.78 is 0. The summed E-state index contributed by atoms with van der Waals surface area (Å²) in [6.07, 6.45) is 4.39. The van der Waals surface area contributed by atoms with E-state index in [4.69, 9.17) is 0 Å². The third-order valence-electron chi connectivity index (χ3n) is 2.39. The van der Waals surface area contributed by atoms with Gasteiger partial charge in [-0.15, -0.1) is 10.5 Å². The van der Waals surface area contributed by atoms with Crippen molar-refractivity contribution >= 4 is 27.1 Å². The van der Waals surface area contributed by atoms with Crippen LogP contribution in [0.15, 0.2) is 39.7 Å². The van der Waals surface area contributed by atoms with E-state index in [1.165, 1.54) is 10.5 Å². The van der Waals surface area contributed by atoms with E-state index in [0.717, 1.165) is 12.1 Å². The summed E-state index contributed by atoms with van der Waals surface area (Å²) in [5.41, 5.74) is 4.41. The van der Waals surface area contributed by atoms with Crippen molar-refractivity contribution < 1.29 is 0 Å². The highest BCUT2D eigenvalue weighted by molar-refractivity contribution is 8.26. The second kappa shape index (κ2) is 4.58. The van der Waals surface area contributed by atoms with E-state index in [-0.39, 0.29) is 10.5 Å². The zero-order chi connectivity index (χ0) is 10.7. The molecular formula is C13H14NS. The van der Waals surface area contributed by atoms with E-state index >= 15 is 0 Å². The van der Waals surface area contributed by atoms with Crippen LogP contribution >= 0.6 is 10.5 Å². The quantitative estimate of drug-likeness (QED) is 0.524. The molecule has 1 nitrogen and oxygen atoms in total. The molecule has 0 fully saturated rings.